The fourth-order valence-corrected chi connectivity index (χ4v) is 2.99. The van der Waals surface area contributed by atoms with Gasteiger partial charge in [-0.25, -0.2) is 9.78 Å². The highest BCUT2D eigenvalue weighted by Crippen LogP contribution is 2.33. The minimum Gasteiger partial charge on any atom is -0.445 e. The molecule has 120 valence electrons. The lowest BCUT2D eigenvalue weighted by Gasteiger charge is -2.35. The Balaban J connectivity index is 1.71. The second kappa shape index (κ2) is 7.13. The van der Waals surface area contributed by atoms with Crippen LogP contribution in [0.1, 0.15) is 36.4 Å². The zero-order valence-corrected chi connectivity index (χ0v) is 13.0. The molecule has 3 rings (SSSR count). The summed E-state index contributed by atoms with van der Waals surface area (Å²) in [5, 5.41) is 0. The van der Waals surface area contributed by atoms with E-state index in [1.54, 1.807) is 11.1 Å². The normalized spacial score (nSPS) is 17.7. The molecule has 0 bridgehead atoms. The van der Waals surface area contributed by atoms with Crippen LogP contribution in [0, 0.1) is 0 Å². The number of likely N-dealkylation sites (tertiary alicyclic amines) is 1. The van der Waals surface area contributed by atoms with Crippen LogP contribution in [-0.2, 0) is 11.3 Å². The number of anilines is 1. The van der Waals surface area contributed by atoms with E-state index in [9.17, 15) is 4.79 Å². The van der Waals surface area contributed by atoms with Crippen LogP contribution >= 0.6 is 0 Å². The SMILES string of the molecule is Nc1ncccc1C1CCCCN1C(=O)OCc1ccccc1. The summed E-state index contributed by atoms with van der Waals surface area (Å²) in [6.07, 6.45) is 4.32. The first kappa shape index (κ1) is 15.3. The Morgan fingerprint density at radius 1 is 1.22 bits per heavy atom. The van der Waals surface area contributed by atoms with Crippen molar-refractivity contribution in [3.63, 3.8) is 0 Å². The topological polar surface area (TPSA) is 68.5 Å². The number of nitrogens with zero attached hydrogens (tertiary/aromatic N) is 2. The van der Waals surface area contributed by atoms with Gasteiger partial charge in [0.25, 0.3) is 0 Å². The predicted octanol–water partition coefficient (Wildman–Crippen LogP) is 3.53. The predicted molar refractivity (Wildman–Crippen MR) is 88.6 cm³/mol. The molecule has 1 saturated heterocycles. The van der Waals surface area contributed by atoms with E-state index in [2.05, 4.69) is 4.98 Å². The molecule has 5 heteroatoms. The molecule has 1 fully saturated rings. The lowest BCUT2D eigenvalue weighted by molar-refractivity contribution is 0.0680. The molecular weight excluding hydrogens is 290 g/mol. The molecule has 1 amide bonds. The van der Waals surface area contributed by atoms with Gasteiger partial charge in [-0.3, -0.25) is 0 Å². The molecule has 23 heavy (non-hydrogen) atoms. The molecule has 1 aliphatic rings. The number of ether oxygens (including phenoxy) is 1. The first-order valence-corrected chi connectivity index (χ1v) is 7.93. The van der Waals surface area contributed by atoms with Gasteiger partial charge in [-0.1, -0.05) is 36.4 Å². The summed E-state index contributed by atoms with van der Waals surface area (Å²) in [5.41, 5.74) is 7.88. The van der Waals surface area contributed by atoms with E-state index in [0.29, 0.717) is 12.4 Å². The molecule has 5 nitrogen and oxygen atoms in total. The number of aromatic nitrogens is 1. The van der Waals surface area contributed by atoms with Crippen molar-refractivity contribution < 1.29 is 9.53 Å². The Labute approximate surface area is 136 Å². The Morgan fingerprint density at radius 3 is 2.83 bits per heavy atom. The fourth-order valence-electron chi connectivity index (χ4n) is 2.99. The van der Waals surface area contributed by atoms with Crippen LogP contribution in [0.3, 0.4) is 0 Å². The molecule has 0 spiro atoms. The number of carbonyl (C=O) groups is 1. The second-order valence-electron chi connectivity index (χ2n) is 5.72. The van der Waals surface area contributed by atoms with Gasteiger partial charge in [0.15, 0.2) is 0 Å². The van der Waals surface area contributed by atoms with Crippen LogP contribution in [0.25, 0.3) is 0 Å². The molecule has 0 aliphatic carbocycles. The van der Waals surface area contributed by atoms with Crippen molar-refractivity contribution in [3.05, 3.63) is 59.8 Å². The molecule has 1 unspecified atom stereocenters. The third-order valence-corrected chi connectivity index (χ3v) is 4.17. The summed E-state index contributed by atoms with van der Waals surface area (Å²) < 4.78 is 5.48. The number of nitrogen functional groups attached to an aromatic ring is 1. The van der Waals surface area contributed by atoms with Crippen LogP contribution < -0.4 is 5.73 Å². The molecule has 2 aromatic rings. The Morgan fingerprint density at radius 2 is 2.04 bits per heavy atom. The molecule has 1 aromatic heterocycles. The maximum Gasteiger partial charge on any atom is 0.410 e. The highest BCUT2D eigenvalue weighted by atomic mass is 16.6. The third-order valence-electron chi connectivity index (χ3n) is 4.17. The van der Waals surface area contributed by atoms with Gasteiger partial charge in [-0.05, 0) is 30.9 Å². The van der Waals surface area contributed by atoms with E-state index in [1.807, 2.05) is 42.5 Å². The van der Waals surface area contributed by atoms with Crippen molar-refractivity contribution in [3.8, 4) is 0 Å². The Bertz CT molecular complexity index is 660. The first-order valence-electron chi connectivity index (χ1n) is 7.93. The van der Waals surface area contributed by atoms with Gasteiger partial charge in [-0.15, -0.1) is 0 Å². The van der Waals surface area contributed by atoms with E-state index in [1.165, 1.54) is 0 Å². The van der Waals surface area contributed by atoms with Gasteiger partial charge in [0.05, 0.1) is 6.04 Å². The molecule has 0 saturated carbocycles. The van der Waals surface area contributed by atoms with Crippen molar-refractivity contribution in [1.82, 2.24) is 9.88 Å². The van der Waals surface area contributed by atoms with E-state index in [-0.39, 0.29) is 18.7 Å². The maximum atomic E-state index is 12.5. The average Bonchev–Trinajstić information content (AvgIpc) is 2.61. The van der Waals surface area contributed by atoms with Gasteiger partial charge in [0, 0.05) is 18.3 Å². The molecule has 2 heterocycles. The maximum absolute atomic E-state index is 12.5. The van der Waals surface area contributed by atoms with Gasteiger partial charge >= 0.3 is 6.09 Å². The lowest BCUT2D eigenvalue weighted by Crippen LogP contribution is -2.39. The number of pyridine rings is 1. The summed E-state index contributed by atoms with van der Waals surface area (Å²) in [7, 11) is 0. The Kier molecular flexibility index (Phi) is 4.76. The van der Waals surface area contributed by atoms with Crippen LogP contribution in [0.2, 0.25) is 0 Å². The van der Waals surface area contributed by atoms with Crippen LogP contribution in [0.4, 0.5) is 10.6 Å². The number of rotatable bonds is 3. The quantitative estimate of drug-likeness (QED) is 0.941. The number of hydrogen-bond acceptors (Lipinski definition) is 4. The minimum atomic E-state index is -0.290. The molecule has 1 aromatic carbocycles. The van der Waals surface area contributed by atoms with Crippen LogP contribution in [0.5, 0.6) is 0 Å². The first-order chi connectivity index (χ1) is 11.3. The van der Waals surface area contributed by atoms with Crippen molar-refractivity contribution >= 4 is 11.9 Å². The van der Waals surface area contributed by atoms with Crippen molar-refractivity contribution in [2.45, 2.75) is 31.9 Å². The number of nitrogens with two attached hydrogens (primary N) is 1. The van der Waals surface area contributed by atoms with Crippen molar-refractivity contribution in [2.75, 3.05) is 12.3 Å². The third kappa shape index (κ3) is 3.62. The monoisotopic (exact) mass is 311 g/mol. The van der Waals surface area contributed by atoms with Gasteiger partial charge in [0.2, 0.25) is 0 Å². The van der Waals surface area contributed by atoms with Crippen molar-refractivity contribution in [1.29, 1.82) is 0 Å². The fraction of sp³-hybridized carbons (Fsp3) is 0.333. The van der Waals surface area contributed by atoms with Crippen LogP contribution in [0.15, 0.2) is 48.7 Å². The number of piperidine rings is 1. The van der Waals surface area contributed by atoms with E-state index < -0.39 is 0 Å². The molecule has 0 radical (unpaired) electrons. The second-order valence-corrected chi connectivity index (χ2v) is 5.72. The summed E-state index contributed by atoms with van der Waals surface area (Å²) in [6.45, 7) is 0.970. The van der Waals surface area contributed by atoms with E-state index in [0.717, 1.165) is 30.4 Å². The minimum absolute atomic E-state index is 0.0549. The van der Waals surface area contributed by atoms with Crippen LogP contribution in [-0.4, -0.2) is 22.5 Å². The van der Waals surface area contributed by atoms with Gasteiger partial charge < -0.3 is 15.4 Å². The summed E-state index contributed by atoms with van der Waals surface area (Å²) >= 11 is 0. The molecule has 2 N–H and O–H groups in total. The standard InChI is InChI=1S/C18H21N3O2/c19-17-15(9-6-11-20-17)16-10-4-5-12-21(16)18(22)23-13-14-7-2-1-3-8-14/h1-3,6-9,11,16H,4-5,10,12-13H2,(H2,19,20). The zero-order chi connectivity index (χ0) is 16.1. The summed E-state index contributed by atoms with van der Waals surface area (Å²) in [6, 6.07) is 13.4. The summed E-state index contributed by atoms with van der Waals surface area (Å²) in [5.74, 6) is 0.486. The Hall–Kier alpha value is -2.56. The number of benzene rings is 1. The smallest absolute Gasteiger partial charge is 0.410 e. The van der Waals surface area contributed by atoms with E-state index >= 15 is 0 Å². The van der Waals surface area contributed by atoms with E-state index in [4.69, 9.17) is 10.5 Å². The number of hydrogen-bond donors (Lipinski definition) is 1. The molecule has 1 atom stereocenters. The van der Waals surface area contributed by atoms with Gasteiger partial charge in [0.1, 0.15) is 12.4 Å². The van der Waals surface area contributed by atoms with Gasteiger partial charge in [-0.2, -0.15) is 0 Å². The van der Waals surface area contributed by atoms with Crippen molar-refractivity contribution in [2.24, 2.45) is 0 Å². The largest absolute Gasteiger partial charge is 0.445 e. The lowest BCUT2D eigenvalue weighted by atomic mass is 9.96. The molecule has 1 aliphatic heterocycles. The number of amides is 1. The average molecular weight is 311 g/mol. The summed E-state index contributed by atoms with van der Waals surface area (Å²) in [4.78, 5) is 18.4. The highest BCUT2D eigenvalue weighted by Gasteiger charge is 2.30. The number of carbonyl (C=O) groups excluding carboxylic acids is 1. The molecular formula is C18H21N3O2. The zero-order valence-electron chi connectivity index (χ0n) is 13.0. The highest BCUT2D eigenvalue weighted by molar-refractivity contribution is 5.69.